The Morgan fingerprint density at radius 2 is 1.92 bits per heavy atom. The predicted octanol–water partition coefficient (Wildman–Crippen LogP) is 6.45. The lowest BCUT2D eigenvalue weighted by Gasteiger charge is -2.29. The molecule has 0 saturated carbocycles. The van der Waals surface area contributed by atoms with Gasteiger partial charge in [0, 0.05) is 24.2 Å². The Morgan fingerprint density at radius 1 is 1.20 bits per heavy atom. The monoisotopic (exact) mass is 346 g/mol. The summed E-state index contributed by atoms with van der Waals surface area (Å²) < 4.78 is 0. The first-order valence-electron chi connectivity index (χ1n) is 10.1. The zero-order valence-electron chi connectivity index (χ0n) is 16.9. The highest BCUT2D eigenvalue weighted by atomic mass is 16.1. The zero-order valence-corrected chi connectivity index (χ0v) is 16.9. The number of rotatable bonds is 2. The summed E-state index contributed by atoms with van der Waals surface area (Å²) in [6.45, 7) is 12.3. The van der Waals surface area contributed by atoms with Gasteiger partial charge in [0.15, 0.2) is 0 Å². The van der Waals surface area contributed by atoms with Crippen LogP contribution >= 0.6 is 0 Å². The van der Waals surface area contributed by atoms with E-state index < -0.39 is 5.41 Å². The molecule has 0 radical (unpaired) electrons. The van der Waals surface area contributed by atoms with Gasteiger partial charge in [0.2, 0.25) is 0 Å². The van der Waals surface area contributed by atoms with E-state index in [1.807, 2.05) is 19.9 Å². The predicted molar refractivity (Wildman–Crippen MR) is 107 cm³/mol. The fraction of sp³-hybridized carbons (Fsp3) is 0.739. The highest BCUT2D eigenvalue weighted by Crippen LogP contribution is 2.33. The normalized spacial score (nSPS) is 29.7. The third-order valence-electron chi connectivity index (χ3n) is 5.63. The van der Waals surface area contributed by atoms with E-state index >= 15 is 0 Å². The van der Waals surface area contributed by atoms with Crippen molar-refractivity contribution in [1.29, 1.82) is 0 Å². The molecule has 0 bridgehead atoms. The van der Waals surface area contributed by atoms with Crippen LogP contribution in [0.25, 0.3) is 0 Å². The lowest BCUT2D eigenvalue weighted by atomic mass is 9.73. The van der Waals surface area contributed by atoms with Gasteiger partial charge in [0.25, 0.3) is 0 Å². The van der Waals surface area contributed by atoms with Gasteiger partial charge in [0.1, 0.15) is 11.6 Å². The molecule has 0 fully saturated rings. The number of Topliss-reactive ketones (excluding diaryl/α,β-unsaturated/α-hetero) is 2. The van der Waals surface area contributed by atoms with Crippen molar-refractivity contribution in [2.75, 3.05) is 0 Å². The molecule has 0 heterocycles. The molecular formula is C23H38O2. The molecule has 2 heteroatoms. The van der Waals surface area contributed by atoms with Gasteiger partial charge >= 0.3 is 0 Å². The Bertz CT molecular complexity index is 484. The molecule has 2 unspecified atom stereocenters. The number of carbonyl (C=O) groups excluding carboxylic acids is 2. The molecule has 0 aromatic carbocycles. The van der Waals surface area contributed by atoms with Crippen LogP contribution in [0.1, 0.15) is 91.9 Å². The third-order valence-corrected chi connectivity index (χ3v) is 5.63. The van der Waals surface area contributed by atoms with Gasteiger partial charge in [0.05, 0.1) is 0 Å². The average Bonchev–Trinajstić information content (AvgIpc) is 2.55. The van der Waals surface area contributed by atoms with Crippen molar-refractivity contribution in [2.24, 2.45) is 17.3 Å². The highest BCUT2D eigenvalue weighted by molar-refractivity contribution is 5.87. The molecule has 0 aliphatic heterocycles. The molecule has 0 saturated heterocycles. The number of allylic oxidation sites excluding steroid dienone is 3. The van der Waals surface area contributed by atoms with Crippen LogP contribution < -0.4 is 0 Å². The molecule has 2 atom stereocenters. The number of hydrogen-bond acceptors (Lipinski definition) is 2. The highest BCUT2D eigenvalue weighted by Gasteiger charge is 2.33. The molecular weight excluding hydrogens is 308 g/mol. The van der Waals surface area contributed by atoms with E-state index in [0.717, 1.165) is 32.1 Å². The topological polar surface area (TPSA) is 34.1 Å². The van der Waals surface area contributed by atoms with Gasteiger partial charge in [-0.25, -0.2) is 0 Å². The van der Waals surface area contributed by atoms with Crippen molar-refractivity contribution in [3.05, 3.63) is 24.3 Å². The van der Waals surface area contributed by atoms with Crippen molar-refractivity contribution in [3.8, 4) is 0 Å². The van der Waals surface area contributed by atoms with E-state index in [2.05, 4.69) is 26.5 Å². The summed E-state index contributed by atoms with van der Waals surface area (Å²) >= 11 is 0. The van der Waals surface area contributed by atoms with E-state index in [0.29, 0.717) is 36.7 Å². The van der Waals surface area contributed by atoms with E-state index in [1.165, 1.54) is 18.4 Å². The number of ketones is 2. The zero-order chi connectivity index (χ0) is 18.9. The Balaban J connectivity index is 2.88. The fourth-order valence-corrected chi connectivity index (χ4v) is 3.85. The number of carbonyl (C=O) groups is 2. The van der Waals surface area contributed by atoms with Crippen LogP contribution in [0, 0.1) is 17.3 Å². The Hall–Kier alpha value is -1.18. The van der Waals surface area contributed by atoms with E-state index in [-0.39, 0.29) is 5.92 Å². The van der Waals surface area contributed by atoms with Crippen molar-refractivity contribution >= 4 is 11.6 Å². The molecule has 0 N–H and O–H groups in total. The summed E-state index contributed by atoms with van der Waals surface area (Å²) in [6.07, 6.45) is 13.1. The largest absolute Gasteiger partial charge is 0.300 e. The SMILES string of the molecule is C=CCC1CC(C)CCC/C(C)=C/CCCC(=O)CCC(C)(C)C1=O. The van der Waals surface area contributed by atoms with Crippen LogP contribution in [0.5, 0.6) is 0 Å². The van der Waals surface area contributed by atoms with E-state index in [1.54, 1.807) is 0 Å². The van der Waals surface area contributed by atoms with Gasteiger partial charge in [-0.3, -0.25) is 9.59 Å². The molecule has 0 aromatic rings. The van der Waals surface area contributed by atoms with E-state index in [4.69, 9.17) is 0 Å². The maximum Gasteiger partial charge on any atom is 0.141 e. The quantitative estimate of drug-likeness (QED) is 0.538. The first-order valence-corrected chi connectivity index (χ1v) is 10.1. The molecule has 0 aromatic heterocycles. The summed E-state index contributed by atoms with van der Waals surface area (Å²) in [5.41, 5.74) is 1.02. The fourth-order valence-electron chi connectivity index (χ4n) is 3.85. The summed E-state index contributed by atoms with van der Waals surface area (Å²) in [5.74, 6) is 1.21. The first-order chi connectivity index (χ1) is 11.8. The van der Waals surface area contributed by atoms with Gasteiger partial charge in [-0.05, 0) is 57.8 Å². The number of hydrogen-bond donors (Lipinski definition) is 0. The third kappa shape index (κ3) is 8.16. The summed E-state index contributed by atoms with van der Waals surface area (Å²) in [5, 5.41) is 0. The Labute approximate surface area is 155 Å². The Kier molecular flexibility index (Phi) is 9.38. The maximum atomic E-state index is 13.1. The molecule has 0 spiro atoms. The minimum absolute atomic E-state index is 0.0437. The lowest BCUT2D eigenvalue weighted by molar-refractivity contribution is -0.132. The molecule has 1 rings (SSSR count). The molecule has 2 nitrogen and oxygen atoms in total. The van der Waals surface area contributed by atoms with Crippen LogP contribution in [0.4, 0.5) is 0 Å². The lowest BCUT2D eigenvalue weighted by Crippen LogP contribution is -2.32. The summed E-state index contributed by atoms with van der Waals surface area (Å²) in [4.78, 5) is 25.2. The van der Waals surface area contributed by atoms with Crippen LogP contribution in [-0.4, -0.2) is 11.6 Å². The van der Waals surface area contributed by atoms with E-state index in [9.17, 15) is 9.59 Å². The minimum Gasteiger partial charge on any atom is -0.300 e. The minimum atomic E-state index is -0.420. The molecule has 142 valence electrons. The molecule has 1 aliphatic rings. The van der Waals surface area contributed by atoms with Crippen molar-refractivity contribution in [3.63, 3.8) is 0 Å². The van der Waals surface area contributed by atoms with Gasteiger partial charge in [-0.2, -0.15) is 0 Å². The van der Waals surface area contributed by atoms with Gasteiger partial charge in [-0.15, -0.1) is 6.58 Å². The van der Waals surface area contributed by atoms with Crippen LogP contribution in [-0.2, 0) is 9.59 Å². The Morgan fingerprint density at radius 3 is 2.60 bits per heavy atom. The molecule has 1 aliphatic carbocycles. The maximum absolute atomic E-state index is 13.1. The van der Waals surface area contributed by atoms with Crippen LogP contribution in [0.3, 0.4) is 0 Å². The van der Waals surface area contributed by atoms with Crippen LogP contribution in [0.15, 0.2) is 24.3 Å². The second-order valence-corrected chi connectivity index (χ2v) is 8.68. The molecule has 0 amide bonds. The standard InChI is InChI=1S/C23H38O2/c1-6-10-20-17-19(3)13-9-12-18(2)11-7-8-14-21(24)15-16-23(4,5)22(20)25/h6,11,19-20H,1,7-10,12-17H2,2-5H3/b18-11+. The van der Waals surface area contributed by atoms with Gasteiger partial charge in [-0.1, -0.05) is 44.9 Å². The summed E-state index contributed by atoms with van der Waals surface area (Å²) in [6, 6.07) is 0. The first kappa shape index (κ1) is 21.9. The van der Waals surface area contributed by atoms with Crippen molar-refractivity contribution in [1.82, 2.24) is 0 Å². The molecule has 25 heavy (non-hydrogen) atoms. The second-order valence-electron chi connectivity index (χ2n) is 8.68. The smallest absolute Gasteiger partial charge is 0.141 e. The average molecular weight is 347 g/mol. The van der Waals surface area contributed by atoms with Crippen LogP contribution in [0.2, 0.25) is 0 Å². The van der Waals surface area contributed by atoms with Crippen molar-refractivity contribution in [2.45, 2.75) is 91.9 Å². The van der Waals surface area contributed by atoms with Crippen molar-refractivity contribution < 1.29 is 9.59 Å². The second kappa shape index (κ2) is 10.7. The summed E-state index contributed by atoms with van der Waals surface area (Å²) in [7, 11) is 0. The van der Waals surface area contributed by atoms with Gasteiger partial charge < -0.3 is 0 Å².